The molecule has 0 spiro atoms. The third-order valence-corrected chi connectivity index (χ3v) is 13.6. The second-order valence-electron chi connectivity index (χ2n) is 13.4. The Morgan fingerprint density at radius 2 is 0.981 bits per heavy atom. The molecule has 0 atom stereocenters. The summed E-state index contributed by atoms with van der Waals surface area (Å²) in [6.07, 6.45) is 0. The standard InChI is InChI=1S/C47H28N4S3/c1-27-12-7-25-39-41(27)48-47(54-39)36-22-10-20-34-40-35(21-11-24-38(40)53-43(34)36)46-50-44(28-13-3-2-4-14-28)49-45(51-46)30-16-8-15-29(26-30)31-18-9-19-33-32-17-5-6-23-37(32)52-42(31)33/h2-26H,1H3. The van der Waals surface area contributed by atoms with Crippen LogP contribution in [0.25, 0.3) is 106 Å². The second-order valence-corrected chi connectivity index (χ2v) is 16.6. The van der Waals surface area contributed by atoms with Gasteiger partial charge in [-0.25, -0.2) is 19.9 Å². The first kappa shape index (κ1) is 31.4. The highest BCUT2D eigenvalue weighted by molar-refractivity contribution is 7.27. The van der Waals surface area contributed by atoms with Gasteiger partial charge in [0.1, 0.15) is 5.01 Å². The largest absolute Gasteiger partial charge is 0.236 e. The van der Waals surface area contributed by atoms with E-state index in [1.54, 1.807) is 22.7 Å². The summed E-state index contributed by atoms with van der Waals surface area (Å²) in [6.45, 7) is 2.13. The van der Waals surface area contributed by atoms with Gasteiger partial charge in [-0.2, -0.15) is 0 Å². The molecule has 0 aliphatic carbocycles. The zero-order valence-corrected chi connectivity index (χ0v) is 31.4. The Labute approximate surface area is 322 Å². The molecular weight excluding hydrogens is 717 g/mol. The normalized spacial score (nSPS) is 11.8. The molecule has 7 aromatic carbocycles. The van der Waals surface area contributed by atoms with E-state index in [1.165, 1.54) is 50.8 Å². The zero-order chi connectivity index (χ0) is 35.8. The van der Waals surface area contributed by atoms with Gasteiger partial charge < -0.3 is 0 Å². The van der Waals surface area contributed by atoms with Crippen molar-refractivity contribution in [3.05, 3.63) is 157 Å². The first-order valence-electron chi connectivity index (χ1n) is 17.8. The molecule has 54 heavy (non-hydrogen) atoms. The van der Waals surface area contributed by atoms with Crippen LogP contribution in [0, 0.1) is 6.92 Å². The van der Waals surface area contributed by atoms with Gasteiger partial charge in [-0.3, -0.25) is 0 Å². The molecule has 11 aromatic rings. The Morgan fingerprint density at radius 1 is 0.389 bits per heavy atom. The van der Waals surface area contributed by atoms with Crippen LogP contribution in [-0.2, 0) is 0 Å². The van der Waals surface area contributed by atoms with E-state index in [1.807, 2.05) is 29.5 Å². The predicted molar refractivity (Wildman–Crippen MR) is 231 cm³/mol. The maximum atomic E-state index is 5.26. The summed E-state index contributed by atoms with van der Waals surface area (Å²) in [5, 5.41) is 5.95. The van der Waals surface area contributed by atoms with Crippen molar-refractivity contribution in [2.45, 2.75) is 6.92 Å². The minimum Gasteiger partial charge on any atom is -0.236 e. The highest BCUT2D eigenvalue weighted by Gasteiger charge is 2.20. The van der Waals surface area contributed by atoms with Gasteiger partial charge in [0.15, 0.2) is 17.5 Å². The molecule has 0 saturated carbocycles. The Bertz CT molecular complexity index is 3250. The van der Waals surface area contributed by atoms with E-state index in [9.17, 15) is 0 Å². The van der Waals surface area contributed by atoms with Crippen LogP contribution in [0.15, 0.2) is 152 Å². The first-order chi connectivity index (χ1) is 26.7. The number of thiophene rings is 2. The van der Waals surface area contributed by atoms with Crippen LogP contribution in [0.3, 0.4) is 0 Å². The number of para-hydroxylation sites is 1. The van der Waals surface area contributed by atoms with Gasteiger partial charge >= 0.3 is 0 Å². The lowest BCUT2D eigenvalue weighted by molar-refractivity contribution is 1.08. The number of aryl methyl sites for hydroxylation is 1. The molecule has 0 N–H and O–H groups in total. The number of fused-ring (bicyclic) bond motifs is 7. The van der Waals surface area contributed by atoms with Gasteiger partial charge in [-0.1, -0.05) is 127 Å². The number of thiazole rings is 1. The van der Waals surface area contributed by atoms with Crippen molar-refractivity contribution < 1.29 is 0 Å². The molecule has 0 aliphatic rings. The van der Waals surface area contributed by atoms with Gasteiger partial charge in [-0.05, 0) is 47.9 Å². The fourth-order valence-electron chi connectivity index (χ4n) is 7.55. The molecule has 0 saturated heterocycles. The van der Waals surface area contributed by atoms with Crippen molar-refractivity contribution in [1.82, 2.24) is 19.9 Å². The minimum atomic E-state index is 0.645. The van der Waals surface area contributed by atoms with Crippen LogP contribution in [0.2, 0.25) is 0 Å². The van der Waals surface area contributed by atoms with Crippen LogP contribution in [0.1, 0.15) is 5.56 Å². The topological polar surface area (TPSA) is 51.6 Å². The van der Waals surface area contributed by atoms with E-state index < -0.39 is 0 Å². The summed E-state index contributed by atoms with van der Waals surface area (Å²) in [6, 6.07) is 53.5. The lowest BCUT2D eigenvalue weighted by atomic mass is 10.0. The molecular formula is C47H28N4S3. The molecule has 7 heteroatoms. The van der Waals surface area contributed by atoms with E-state index in [-0.39, 0.29) is 0 Å². The van der Waals surface area contributed by atoms with E-state index in [2.05, 4.69) is 140 Å². The Hall–Kier alpha value is -6.12. The third kappa shape index (κ3) is 5.08. The molecule has 0 aliphatic heterocycles. The maximum Gasteiger partial charge on any atom is 0.164 e. The highest BCUT2D eigenvalue weighted by atomic mass is 32.1. The van der Waals surface area contributed by atoms with Crippen molar-refractivity contribution in [3.63, 3.8) is 0 Å². The van der Waals surface area contributed by atoms with E-state index in [4.69, 9.17) is 19.9 Å². The molecule has 11 rings (SSSR count). The second kappa shape index (κ2) is 12.5. The number of hydrogen-bond donors (Lipinski definition) is 0. The number of rotatable bonds is 5. The molecule has 0 fully saturated rings. The van der Waals surface area contributed by atoms with Crippen molar-refractivity contribution in [2.24, 2.45) is 0 Å². The first-order valence-corrected chi connectivity index (χ1v) is 20.2. The molecule has 0 unspecified atom stereocenters. The molecule has 0 amide bonds. The fraction of sp³-hybridized carbons (Fsp3) is 0.0213. The number of hydrogen-bond acceptors (Lipinski definition) is 7. The lowest BCUT2D eigenvalue weighted by Gasteiger charge is -2.11. The van der Waals surface area contributed by atoms with Crippen LogP contribution in [0.4, 0.5) is 0 Å². The molecule has 4 nitrogen and oxygen atoms in total. The Balaban J connectivity index is 1.10. The van der Waals surface area contributed by atoms with Gasteiger partial charge in [0.05, 0.1) is 10.2 Å². The summed E-state index contributed by atoms with van der Waals surface area (Å²) in [5.74, 6) is 1.95. The number of nitrogens with zero attached hydrogens (tertiary/aromatic N) is 4. The van der Waals surface area contributed by atoms with E-state index >= 15 is 0 Å². The van der Waals surface area contributed by atoms with Crippen LogP contribution < -0.4 is 0 Å². The summed E-state index contributed by atoms with van der Waals surface area (Å²) < 4.78 is 6.20. The Morgan fingerprint density at radius 3 is 1.87 bits per heavy atom. The van der Waals surface area contributed by atoms with Crippen LogP contribution >= 0.6 is 34.0 Å². The number of aromatic nitrogens is 4. The summed E-state index contributed by atoms with van der Waals surface area (Å²) in [7, 11) is 0. The average Bonchev–Trinajstić information content (AvgIpc) is 3.95. The van der Waals surface area contributed by atoms with Crippen molar-refractivity contribution in [2.75, 3.05) is 0 Å². The number of benzene rings is 7. The van der Waals surface area contributed by atoms with Gasteiger partial charge in [0, 0.05) is 62.6 Å². The zero-order valence-electron chi connectivity index (χ0n) is 28.9. The molecule has 4 aromatic heterocycles. The van der Waals surface area contributed by atoms with Gasteiger partial charge in [0.25, 0.3) is 0 Å². The molecule has 0 bridgehead atoms. The monoisotopic (exact) mass is 744 g/mol. The summed E-state index contributed by atoms with van der Waals surface area (Å²) in [4.78, 5) is 20.7. The van der Waals surface area contributed by atoms with Crippen LogP contribution in [-0.4, -0.2) is 19.9 Å². The lowest BCUT2D eigenvalue weighted by Crippen LogP contribution is -2.00. The maximum absolute atomic E-state index is 5.26. The molecule has 0 radical (unpaired) electrons. The SMILES string of the molecule is Cc1cccc2sc(-c3cccc4c3sc3cccc(-c5nc(-c6ccccc6)nc(-c6cccc(-c7cccc8c7sc7ccccc78)c6)n5)c34)nc12. The molecule has 254 valence electrons. The summed E-state index contributed by atoms with van der Waals surface area (Å²) >= 11 is 5.40. The van der Waals surface area contributed by atoms with Crippen molar-refractivity contribution in [1.29, 1.82) is 0 Å². The van der Waals surface area contributed by atoms with Crippen molar-refractivity contribution in [3.8, 4) is 55.9 Å². The van der Waals surface area contributed by atoms with Gasteiger partial charge in [0.2, 0.25) is 0 Å². The highest BCUT2D eigenvalue weighted by Crippen LogP contribution is 2.45. The average molecular weight is 745 g/mol. The smallest absolute Gasteiger partial charge is 0.164 e. The minimum absolute atomic E-state index is 0.645. The quantitative estimate of drug-likeness (QED) is 0.176. The van der Waals surface area contributed by atoms with Crippen molar-refractivity contribution >= 4 is 84.6 Å². The van der Waals surface area contributed by atoms with E-state index in [0.29, 0.717) is 17.5 Å². The Kier molecular flexibility index (Phi) is 7.27. The fourth-order valence-corrected chi connectivity index (χ4v) is 11.2. The third-order valence-electron chi connectivity index (χ3n) is 10.1. The van der Waals surface area contributed by atoms with E-state index in [0.717, 1.165) is 43.7 Å². The summed E-state index contributed by atoms with van der Waals surface area (Å²) in [5.41, 5.74) is 8.66. The van der Waals surface area contributed by atoms with Gasteiger partial charge in [-0.15, -0.1) is 34.0 Å². The van der Waals surface area contributed by atoms with Crippen LogP contribution in [0.5, 0.6) is 0 Å². The predicted octanol–water partition coefficient (Wildman–Crippen LogP) is 13.9. The molecule has 4 heterocycles.